The highest BCUT2D eigenvalue weighted by molar-refractivity contribution is 7.92. The highest BCUT2D eigenvalue weighted by Gasteiger charge is 2.49. The lowest BCUT2D eigenvalue weighted by molar-refractivity contribution is 0.0481. The van der Waals surface area contributed by atoms with E-state index in [1.807, 2.05) is 19.1 Å². The number of aryl methyl sites for hydroxylation is 1. The normalized spacial score (nSPS) is 17.5. The fourth-order valence-corrected chi connectivity index (χ4v) is 7.17. The number of nitrogens with zero attached hydrogens (tertiary/aromatic N) is 3. The number of furan rings is 1. The van der Waals surface area contributed by atoms with E-state index in [2.05, 4.69) is 20.6 Å². The van der Waals surface area contributed by atoms with Crippen LogP contribution < -0.4 is 14.9 Å². The van der Waals surface area contributed by atoms with Crippen molar-refractivity contribution in [2.75, 3.05) is 24.2 Å². The quantitative estimate of drug-likeness (QED) is 0.199. The third-order valence-electron chi connectivity index (χ3n) is 8.52. The van der Waals surface area contributed by atoms with Crippen LogP contribution in [0.2, 0.25) is 0 Å². The third kappa shape index (κ3) is 5.78. The van der Waals surface area contributed by atoms with E-state index in [0.717, 1.165) is 16.1 Å². The molecule has 6 rings (SSSR count). The minimum Gasteiger partial charge on any atom is -0.455 e. The number of amides is 2. The van der Waals surface area contributed by atoms with Gasteiger partial charge in [-0.05, 0) is 37.6 Å². The predicted octanol–water partition coefficient (Wildman–Crippen LogP) is 5.91. The van der Waals surface area contributed by atoms with Gasteiger partial charge in [0.25, 0.3) is 11.8 Å². The average Bonchev–Trinajstić information content (AvgIpc) is 3.44. The van der Waals surface area contributed by atoms with Gasteiger partial charge in [-0.3, -0.25) is 13.9 Å². The van der Waals surface area contributed by atoms with Crippen LogP contribution in [-0.4, -0.2) is 56.2 Å². The highest BCUT2D eigenvalue weighted by atomic mass is 32.2. The number of hydrogen-bond donors (Lipinski definition) is 2. The van der Waals surface area contributed by atoms with Gasteiger partial charge in [-0.1, -0.05) is 42.0 Å². The molecule has 0 atom stereocenters. The zero-order chi connectivity index (χ0) is 34.4. The summed E-state index contributed by atoms with van der Waals surface area (Å²) in [4.78, 5) is 35.4. The van der Waals surface area contributed by atoms with Crippen LogP contribution in [0.25, 0.3) is 33.4 Å². The minimum atomic E-state index is -3.93. The molecule has 2 heterocycles. The smallest absolute Gasteiger partial charge is 0.255 e. The molecule has 0 radical (unpaired) electrons. The predicted molar refractivity (Wildman–Crippen MR) is 178 cm³/mol. The summed E-state index contributed by atoms with van der Waals surface area (Å²) in [5, 5.41) is 5.28. The number of benzene rings is 3. The Hall–Kier alpha value is -5.17. The van der Waals surface area contributed by atoms with Crippen molar-refractivity contribution in [1.82, 2.24) is 20.6 Å². The largest absolute Gasteiger partial charge is 0.455 e. The molecule has 0 aliphatic heterocycles. The van der Waals surface area contributed by atoms with Crippen LogP contribution in [0.5, 0.6) is 0 Å². The van der Waals surface area contributed by atoms with E-state index < -0.39 is 39.4 Å². The Morgan fingerprint density at radius 3 is 2.31 bits per heavy atom. The molecule has 2 aromatic heterocycles. The van der Waals surface area contributed by atoms with Crippen LogP contribution in [0.15, 0.2) is 77.5 Å². The van der Waals surface area contributed by atoms with Crippen molar-refractivity contribution in [3.63, 3.8) is 0 Å². The topological polar surface area (TPSA) is 134 Å². The number of fused-ring (bicyclic) bond motifs is 1. The van der Waals surface area contributed by atoms with Gasteiger partial charge in [-0.2, -0.15) is 0 Å². The zero-order valence-electron chi connectivity index (χ0n) is 26.7. The van der Waals surface area contributed by atoms with Crippen molar-refractivity contribution in [3.05, 3.63) is 101 Å². The Bertz CT molecular complexity index is 2150. The first kappa shape index (κ1) is 32.8. The average molecular weight is 674 g/mol. The van der Waals surface area contributed by atoms with Crippen molar-refractivity contribution in [2.45, 2.75) is 38.4 Å². The van der Waals surface area contributed by atoms with Gasteiger partial charge in [0, 0.05) is 61.6 Å². The fourth-order valence-electron chi connectivity index (χ4n) is 6.20. The second-order valence-electron chi connectivity index (χ2n) is 11.8. The molecule has 3 aromatic carbocycles. The molecule has 48 heavy (non-hydrogen) atoms. The third-order valence-corrected chi connectivity index (χ3v) is 9.78. The highest BCUT2D eigenvalue weighted by Crippen LogP contribution is 2.45. The summed E-state index contributed by atoms with van der Waals surface area (Å²) in [7, 11) is -2.52. The van der Waals surface area contributed by atoms with E-state index in [9.17, 15) is 22.4 Å². The second kappa shape index (κ2) is 12.5. The summed E-state index contributed by atoms with van der Waals surface area (Å²) < 4.78 is 64.5. The van der Waals surface area contributed by atoms with Crippen molar-refractivity contribution in [3.8, 4) is 22.5 Å². The molecule has 2 N–H and O–H groups in total. The summed E-state index contributed by atoms with van der Waals surface area (Å²) in [5.41, 5.74) is 0.355. The molecular formula is C35H33F2N5O5S. The first-order chi connectivity index (χ1) is 22.9. The van der Waals surface area contributed by atoms with E-state index in [1.54, 1.807) is 25.1 Å². The Balaban J connectivity index is 1.54. The molecule has 1 aliphatic rings. The molecule has 1 fully saturated rings. The standard InChI is InChI=1S/C35H33F2N5O5S/c1-5-42(48(4,45)46)25-17-26-28(29(33(44)38-3)31(47-26)21-12-10-20(2)11-13-21)30(37)27(25)22-8-6-9-23(16-22)32(43)41-35(18-24(36)19-35)34-39-14-7-15-40-34/h6-17,24H,5,18-19H2,1-4H3,(H,38,44)(H,41,43). The number of carbonyl (C=O) groups is 2. The molecule has 248 valence electrons. The first-order valence-electron chi connectivity index (χ1n) is 15.3. The van der Waals surface area contributed by atoms with E-state index >= 15 is 4.39 Å². The van der Waals surface area contributed by atoms with Crippen LogP contribution in [0.1, 0.15) is 51.9 Å². The summed E-state index contributed by atoms with van der Waals surface area (Å²) in [6.45, 7) is 3.46. The lowest BCUT2D eigenvalue weighted by Crippen LogP contribution is -2.56. The summed E-state index contributed by atoms with van der Waals surface area (Å²) in [5.74, 6) is -1.70. The van der Waals surface area contributed by atoms with Crippen LogP contribution in [0.4, 0.5) is 14.5 Å². The number of alkyl halides is 1. The molecule has 1 saturated carbocycles. The van der Waals surface area contributed by atoms with Crippen LogP contribution in [0.3, 0.4) is 0 Å². The SMILES string of the molecule is CCN(c1cc2oc(-c3ccc(C)cc3)c(C(=O)NC)c2c(F)c1-c1cccc(C(=O)NC2(c3ncccn3)CC(F)C2)c1)S(C)(=O)=O. The first-order valence-corrected chi connectivity index (χ1v) is 17.1. The van der Waals surface area contributed by atoms with E-state index in [4.69, 9.17) is 4.42 Å². The number of carbonyl (C=O) groups excluding carboxylic acids is 2. The molecule has 0 saturated heterocycles. The van der Waals surface area contributed by atoms with Gasteiger partial charge in [0.15, 0.2) is 5.82 Å². The molecular weight excluding hydrogens is 640 g/mol. The molecule has 10 nitrogen and oxygen atoms in total. The molecule has 13 heteroatoms. The Morgan fingerprint density at radius 2 is 1.71 bits per heavy atom. The van der Waals surface area contributed by atoms with E-state index in [0.29, 0.717) is 5.56 Å². The Kier molecular flexibility index (Phi) is 8.50. The number of hydrogen-bond acceptors (Lipinski definition) is 7. The van der Waals surface area contributed by atoms with Gasteiger partial charge in [0.2, 0.25) is 10.0 Å². The van der Waals surface area contributed by atoms with Crippen molar-refractivity contribution in [2.24, 2.45) is 0 Å². The van der Waals surface area contributed by atoms with Crippen LogP contribution in [0, 0.1) is 12.7 Å². The maximum atomic E-state index is 17.2. The second-order valence-corrected chi connectivity index (χ2v) is 13.7. The summed E-state index contributed by atoms with van der Waals surface area (Å²) >= 11 is 0. The maximum Gasteiger partial charge on any atom is 0.255 e. The van der Waals surface area contributed by atoms with Crippen molar-refractivity contribution < 1.29 is 31.2 Å². The number of halogens is 2. The van der Waals surface area contributed by atoms with Gasteiger partial charge in [0.1, 0.15) is 28.9 Å². The lowest BCUT2D eigenvalue weighted by atomic mass is 9.74. The van der Waals surface area contributed by atoms with Gasteiger partial charge in [-0.15, -0.1) is 0 Å². The van der Waals surface area contributed by atoms with Crippen LogP contribution in [-0.2, 0) is 15.6 Å². The summed E-state index contributed by atoms with van der Waals surface area (Å²) in [6.07, 6.45) is 2.86. The molecule has 1 aliphatic carbocycles. The minimum absolute atomic E-state index is 0.0101. The van der Waals surface area contributed by atoms with Gasteiger partial charge >= 0.3 is 0 Å². The van der Waals surface area contributed by atoms with Crippen molar-refractivity contribution >= 4 is 38.5 Å². The van der Waals surface area contributed by atoms with Crippen molar-refractivity contribution in [1.29, 1.82) is 0 Å². The van der Waals surface area contributed by atoms with Crippen LogP contribution >= 0.6 is 0 Å². The summed E-state index contributed by atoms with van der Waals surface area (Å²) in [6, 6.07) is 16.2. The Labute approximate surface area is 276 Å². The molecule has 2 amide bonds. The fraction of sp³-hybridized carbons (Fsp3) is 0.257. The number of sulfonamides is 1. The molecule has 0 bridgehead atoms. The number of aromatic nitrogens is 2. The number of nitrogens with one attached hydrogen (secondary N) is 2. The number of rotatable bonds is 9. The lowest BCUT2D eigenvalue weighted by Gasteiger charge is -2.43. The Morgan fingerprint density at radius 1 is 1.02 bits per heavy atom. The molecule has 0 unspecified atom stereocenters. The molecule has 0 spiro atoms. The van der Waals surface area contributed by atoms with E-state index in [1.165, 1.54) is 49.8 Å². The molecule has 5 aromatic rings. The number of anilines is 1. The monoisotopic (exact) mass is 673 g/mol. The maximum absolute atomic E-state index is 17.2. The van der Waals surface area contributed by atoms with Gasteiger partial charge in [0.05, 0.1) is 22.9 Å². The van der Waals surface area contributed by atoms with Gasteiger partial charge in [-0.25, -0.2) is 27.2 Å². The van der Waals surface area contributed by atoms with Gasteiger partial charge < -0.3 is 15.1 Å². The van der Waals surface area contributed by atoms with E-state index in [-0.39, 0.29) is 69.9 Å². The zero-order valence-corrected chi connectivity index (χ0v) is 27.5.